The molecule has 0 radical (unpaired) electrons. The molecule has 2 heterocycles. The highest BCUT2D eigenvalue weighted by Crippen LogP contribution is 2.37. The summed E-state index contributed by atoms with van der Waals surface area (Å²) in [6.07, 6.45) is 14.1. The van der Waals surface area contributed by atoms with Crippen molar-refractivity contribution in [2.45, 2.75) is 38.8 Å². The Morgan fingerprint density at radius 3 is 2.78 bits per heavy atom. The van der Waals surface area contributed by atoms with Crippen molar-refractivity contribution in [2.75, 3.05) is 6.54 Å². The van der Waals surface area contributed by atoms with Crippen molar-refractivity contribution in [1.29, 1.82) is 0 Å². The molecule has 1 fully saturated rings. The van der Waals surface area contributed by atoms with Gasteiger partial charge in [0, 0.05) is 24.4 Å². The normalized spacial score (nSPS) is 34.8. The van der Waals surface area contributed by atoms with E-state index >= 15 is 0 Å². The number of nitrogens with zero attached hydrogens (tertiary/aromatic N) is 1. The maximum absolute atomic E-state index is 5.97. The van der Waals surface area contributed by atoms with Gasteiger partial charge in [-0.15, -0.1) is 0 Å². The Kier molecular flexibility index (Phi) is 3.16. The summed E-state index contributed by atoms with van der Waals surface area (Å²) in [7, 11) is 0. The number of hydrogen-bond acceptors (Lipinski definition) is 3. The molecule has 2 aliphatic heterocycles. The van der Waals surface area contributed by atoms with Crippen LogP contribution in [-0.2, 0) is 0 Å². The predicted molar refractivity (Wildman–Crippen MR) is 74.2 cm³/mol. The van der Waals surface area contributed by atoms with Gasteiger partial charge < -0.3 is 16.0 Å². The highest BCUT2D eigenvalue weighted by atomic mass is 15.3. The van der Waals surface area contributed by atoms with Crippen molar-refractivity contribution >= 4 is 0 Å². The lowest BCUT2D eigenvalue weighted by atomic mass is 9.81. The van der Waals surface area contributed by atoms with Crippen LogP contribution < -0.4 is 11.1 Å². The van der Waals surface area contributed by atoms with Crippen LogP contribution in [0.4, 0.5) is 0 Å². The lowest BCUT2D eigenvalue weighted by Crippen LogP contribution is -2.34. The van der Waals surface area contributed by atoms with E-state index in [1.165, 1.54) is 37.1 Å². The molecule has 3 rings (SSSR count). The summed E-state index contributed by atoms with van der Waals surface area (Å²) < 4.78 is 0. The van der Waals surface area contributed by atoms with Gasteiger partial charge in [0.2, 0.25) is 0 Å². The fourth-order valence-corrected chi connectivity index (χ4v) is 3.37. The molecule has 3 nitrogen and oxygen atoms in total. The summed E-state index contributed by atoms with van der Waals surface area (Å²) in [6, 6.07) is 0. The summed E-state index contributed by atoms with van der Waals surface area (Å²) in [5, 5.41) is 3.67. The first-order chi connectivity index (χ1) is 8.79. The molecule has 1 atom stereocenters. The van der Waals surface area contributed by atoms with Crippen molar-refractivity contribution in [2.24, 2.45) is 17.6 Å². The van der Waals surface area contributed by atoms with Gasteiger partial charge in [-0.05, 0) is 30.9 Å². The Bertz CT molecular complexity index is 400. The molecule has 0 bridgehead atoms. The van der Waals surface area contributed by atoms with Crippen molar-refractivity contribution < 1.29 is 0 Å². The Morgan fingerprint density at radius 2 is 2.06 bits per heavy atom. The SMILES string of the molecule is CC1CCC(C2=C(CN)N3C=CC=CC3N2)CC1. The van der Waals surface area contributed by atoms with Crippen LogP contribution in [0.15, 0.2) is 35.8 Å². The molecule has 98 valence electrons. The first kappa shape index (κ1) is 11.8. The molecule has 0 aromatic heterocycles. The topological polar surface area (TPSA) is 41.3 Å². The molecule has 3 heteroatoms. The number of rotatable bonds is 2. The van der Waals surface area contributed by atoms with Crippen molar-refractivity contribution in [3.8, 4) is 0 Å². The van der Waals surface area contributed by atoms with E-state index < -0.39 is 0 Å². The van der Waals surface area contributed by atoms with Crippen molar-refractivity contribution in [1.82, 2.24) is 10.2 Å². The first-order valence-corrected chi connectivity index (χ1v) is 7.12. The summed E-state index contributed by atoms with van der Waals surface area (Å²) in [4.78, 5) is 2.29. The molecular formula is C15H23N3. The maximum Gasteiger partial charge on any atom is 0.122 e. The fraction of sp³-hybridized carbons (Fsp3) is 0.600. The van der Waals surface area contributed by atoms with Gasteiger partial charge in [0.05, 0.1) is 5.70 Å². The Labute approximate surface area is 109 Å². The van der Waals surface area contributed by atoms with Crippen LogP contribution in [0.1, 0.15) is 32.6 Å². The van der Waals surface area contributed by atoms with Gasteiger partial charge in [0.25, 0.3) is 0 Å². The van der Waals surface area contributed by atoms with Crippen molar-refractivity contribution in [3.05, 3.63) is 35.8 Å². The molecule has 3 N–H and O–H groups in total. The van der Waals surface area contributed by atoms with E-state index in [1.807, 2.05) is 0 Å². The standard InChI is InChI=1S/C15H23N3/c1-11-5-7-12(8-6-11)15-13(10-16)18-9-3-2-4-14(18)17-15/h2-4,9,11-12,14,17H,5-8,10,16H2,1H3. The summed E-state index contributed by atoms with van der Waals surface area (Å²) >= 11 is 0. The quantitative estimate of drug-likeness (QED) is 0.784. The minimum Gasteiger partial charge on any atom is -0.363 e. The number of allylic oxidation sites excluding steroid dienone is 3. The molecule has 18 heavy (non-hydrogen) atoms. The van der Waals surface area contributed by atoms with Crippen LogP contribution in [0.5, 0.6) is 0 Å². The van der Waals surface area contributed by atoms with Crippen LogP contribution in [-0.4, -0.2) is 17.6 Å². The molecule has 0 spiro atoms. The van der Waals surface area contributed by atoms with Crippen LogP contribution in [0.2, 0.25) is 0 Å². The molecule has 0 aromatic carbocycles. The summed E-state index contributed by atoms with van der Waals surface area (Å²) in [5.41, 5.74) is 8.67. The van der Waals surface area contributed by atoms with E-state index in [-0.39, 0.29) is 0 Å². The molecule has 0 aromatic rings. The third kappa shape index (κ3) is 1.97. The zero-order valence-electron chi connectivity index (χ0n) is 11.1. The predicted octanol–water partition coefficient (Wildman–Crippen LogP) is 2.30. The zero-order valence-corrected chi connectivity index (χ0v) is 11.1. The molecule has 1 unspecified atom stereocenters. The zero-order chi connectivity index (χ0) is 12.5. The summed E-state index contributed by atoms with van der Waals surface area (Å²) in [5.74, 6) is 1.58. The van der Waals surface area contributed by atoms with Crippen LogP contribution in [0.3, 0.4) is 0 Å². The molecule has 1 saturated carbocycles. The van der Waals surface area contributed by atoms with Crippen LogP contribution in [0, 0.1) is 11.8 Å². The molecule has 3 aliphatic rings. The molecule has 1 aliphatic carbocycles. The summed E-state index contributed by atoms with van der Waals surface area (Å²) in [6.45, 7) is 2.99. The number of hydrogen-bond donors (Lipinski definition) is 2. The molecule has 0 saturated heterocycles. The second kappa shape index (κ2) is 4.81. The van der Waals surface area contributed by atoms with Gasteiger partial charge >= 0.3 is 0 Å². The molecular weight excluding hydrogens is 222 g/mol. The monoisotopic (exact) mass is 245 g/mol. The van der Waals surface area contributed by atoms with Gasteiger partial charge in [0.1, 0.15) is 6.17 Å². The number of nitrogens with one attached hydrogen (secondary N) is 1. The second-order valence-electron chi connectivity index (χ2n) is 5.74. The van der Waals surface area contributed by atoms with E-state index in [0.717, 1.165) is 5.92 Å². The second-order valence-corrected chi connectivity index (χ2v) is 5.74. The smallest absolute Gasteiger partial charge is 0.122 e. The third-order valence-corrected chi connectivity index (χ3v) is 4.49. The van der Waals surface area contributed by atoms with Crippen LogP contribution in [0.25, 0.3) is 0 Å². The Hall–Kier alpha value is -1.22. The van der Waals surface area contributed by atoms with E-state index in [2.05, 4.69) is 41.6 Å². The van der Waals surface area contributed by atoms with E-state index in [0.29, 0.717) is 18.6 Å². The minimum atomic E-state index is 0.294. The van der Waals surface area contributed by atoms with Gasteiger partial charge in [0.15, 0.2) is 0 Å². The van der Waals surface area contributed by atoms with Gasteiger partial charge in [-0.3, -0.25) is 0 Å². The Morgan fingerprint density at radius 1 is 1.28 bits per heavy atom. The van der Waals surface area contributed by atoms with Crippen molar-refractivity contribution in [3.63, 3.8) is 0 Å². The van der Waals surface area contributed by atoms with Gasteiger partial charge in [-0.1, -0.05) is 25.8 Å². The van der Waals surface area contributed by atoms with Gasteiger partial charge in [-0.2, -0.15) is 0 Å². The number of nitrogens with two attached hydrogens (primary N) is 1. The maximum atomic E-state index is 5.97. The Balaban J connectivity index is 1.81. The highest BCUT2D eigenvalue weighted by Gasteiger charge is 2.33. The molecule has 0 amide bonds. The van der Waals surface area contributed by atoms with Gasteiger partial charge in [-0.25, -0.2) is 0 Å². The van der Waals surface area contributed by atoms with E-state index in [4.69, 9.17) is 5.73 Å². The lowest BCUT2D eigenvalue weighted by molar-refractivity contribution is 0.310. The van der Waals surface area contributed by atoms with Crippen LogP contribution >= 0.6 is 0 Å². The third-order valence-electron chi connectivity index (χ3n) is 4.49. The lowest BCUT2D eigenvalue weighted by Gasteiger charge is -2.27. The largest absolute Gasteiger partial charge is 0.363 e. The fourth-order valence-electron chi connectivity index (χ4n) is 3.37. The highest BCUT2D eigenvalue weighted by molar-refractivity contribution is 5.31. The number of fused-ring (bicyclic) bond motifs is 1. The average molecular weight is 245 g/mol. The van der Waals surface area contributed by atoms with E-state index in [1.54, 1.807) is 0 Å². The van der Waals surface area contributed by atoms with E-state index in [9.17, 15) is 0 Å². The minimum absolute atomic E-state index is 0.294. The first-order valence-electron chi connectivity index (χ1n) is 7.12. The average Bonchev–Trinajstić information content (AvgIpc) is 2.78.